The minimum atomic E-state index is -1.05. The van der Waals surface area contributed by atoms with Crippen molar-refractivity contribution in [1.29, 1.82) is 0 Å². The molecule has 1 fully saturated rings. The molecule has 0 aromatic heterocycles. The first-order chi connectivity index (χ1) is 5.20. The van der Waals surface area contributed by atoms with Crippen molar-refractivity contribution in [2.45, 2.75) is 0 Å². The molecule has 1 saturated heterocycles. The summed E-state index contributed by atoms with van der Waals surface area (Å²) in [6.07, 6.45) is 2.19. The molecule has 2 amide bonds. The number of urea groups is 1. The summed E-state index contributed by atoms with van der Waals surface area (Å²) in [6.45, 7) is 1.10. The van der Waals surface area contributed by atoms with E-state index >= 15 is 0 Å². The van der Waals surface area contributed by atoms with E-state index in [0.29, 0.717) is 13.1 Å². The Morgan fingerprint density at radius 2 is 2.45 bits per heavy atom. The van der Waals surface area contributed by atoms with Crippen LogP contribution in [-0.4, -0.2) is 35.1 Å². The number of rotatable bonds is 2. The van der Waals surface area contributed by atoms with Gasteiger partial charge in [-0.25, -0.2) is 9.59 Å². The maximum atomic E-state index is 10.8. The van der Waals surface area contributed by atoms with Gasteiger partial charge in [-0.2, -0.15) is 0 Å². The number of amides is 2. The van der Waals surface area contributed by atoms with Crippen LogP contribution < -0.4 is 5.32 Å². The van der Waals surface area contributed by atoms with Crippen LogP contribution in [0, 0.1) is 0 Å². The third-order valence-electron chi connectivity index (χ3n) is 1.29. The number of nitrogens with zero attached hydrogens (tertiary/aromatic N) is 1. The molecular weight excluding hydrogens is 148 g/mol. The Hall–Kier alpha value is -1.52. The molecule has 5 heteroatoms. The van der Waals surface area contributed by atoms with E-state index in [-0.39, 0.29) is 6.03 Å². The lowest BCUT2D eigenvalue weighted by molar-refractivity contribution is -0.131. The maximum Gasteiger partial charge on any atom is 0.329 e. The molecule has 5 nitrogen and oxygen atoms in total. The lowest BCUT2D eigenvalue weighted by Gasteiger charge is -2.04. The molecular formula is C6H8N2O3. The second kappa shape index (κ2) is 3.05. The highest BCUT2D eigenvalue weighted by Crippen LogP contribution is 1.96. The predicted molar refractivity (Wildman–Crippen MR) is 36.9 cm³/mol. The van der Waals surface area contributed by atoms with Gasteiger partial charge in [0.1, 0.15) is 0 Å². The first-order valence-electron chi connectivity index (χ1n) is 3.16. The molecule has 11 heavy (non-hydrogen) atoms. The van der Waals surface area contributed by atoms with Crippen molar-refractivity contribution < 1.29 is 14.7 Å². The van der Waals surface area contributed by atoms with Crippen LogP contribution in [0.15, 0.2) is 12.3 Å². The standard InChI is InChI=1S/C6H8N2O3/c9-5(10)1-3-8-4-2-7-6(8)11/h1,3H,2,4H2,(H,7,11)(H,9,10). The van der Waals surface area contributed by atoms with Gasteiger partial charge < -0.3 is 10.4 Å². The second-order valence-electron chi connectivity index (χ2n) is 2.08. The van der Waals surface area contributed by atoms with Crippen molar-refractivity contribution in [2.24, 2.45) is 0 Å². The summed E-state index contributed by atoms with van der Waals surface area (Å²) >= 11 is 0. The van der Waals surface area contributed by atoms with E-state index < -0.39 is 5.97 Å². The first-order valence-corrected chi connectivity index (χ1v) is 3.16. The Balaban J connectivity index is 2.48. The lowest BCUT2D eigenvalue weighted by atomic mass is 10.5. The molecule has 0 radical (unpaired) electrons. The highest BCUT2D eigenvalue weighted by Gasteiger charge is 2.16. The summed E-state index contributed by atoms with van der Waals surface area (Å²) in [5, 5.41) is 10.8. The van der Waals surface area contributed by atoms with Gasteiger partial charge in [0.15, 0.2) is 0 Å². The molecule has 0 unspecified atom stereocenters. The SMILES string of the molecule is O=C(O)C=CN1CCNC1=O. The van der Waals surface area contributed by atoms with E-state index in [1.807, 2.05) is 0 Å². The highest BCUT2D eigenvalue weighted by atomic mass is 16.4. The Kier molecular flexibility index (Phi) is 2.10. The number of carbonyl (C=O) groups excluding carboxylic acids is 1. The van der Waals surface area contributed by atoms with Crippen molar-refractivity contribution in [3.8, 4) is 0 Å². The van der Waals surface area contributed by atoms with Gasteiger partial charge in [0.2, 0.25) is 0 Å². The molecule has 0 aromatic rings. The second-order valence-corrected chi connectivity index (χ2v) is 2.08. The van der Waals surface area contributed by atoms with Crippen molar-refractivity contribution >= 4 is 12.0 Å². The van der Waals surface area contributed by atoms with Gasteiger partial charge in [-0.15, -0.1) is 0 Å². The molecule has 0 saturated carbocycles. The summed E-state index contributed by atoms with van der Waals surface area (Å²) < 4.78 is 0. The monoisotopic (exact) mass is 156 g/mol. The Bertz CT molecular complexity index is 212. The molecule has 2 N–H and O–H groups in total. The van der Waals surface area contributed by atoms with Crippen LogP contribution >= 0.6 is 0 Å². The zero-order chi connectivity index (χ0) is 8.27. The number of aliphatic carboxylic acids is 1. The Morgan fingerprint density at radius 1 is 1.73 bits per heavy atom. The molecule has 0 bridgehead atoms. The fourth-order valence-corrected chi connectivity index (χ4v) is 0.782. The lowest BCUT2D eigenvalue weighted by Crippen LogP contribution is -2.23. The van der Waals surface area contributed by atoms with Crippen molar-refractivity contribution in [3.63, 3.8) is 0 Å². The van der Waals surface area contributed by atoms with E-state index in [1.54, 1.807) is 0 Å². The number of hydrogen-bond donors (Lipinski definition) is 2. The van der Waals surface area contributed by atoms with Crippen LogP contribution in [0.4, 0.5) is 4.79 Å². The van der Waals surface area contributed by atoms with Gasteiger partial charge in [-0.1, -0.05) is 0 Å². The number of carbonyl (C=O) groups is 2. The number of hydrogen-bond acceptors (Lipinski definition) is 2. The molecule has 1 aliphatic heterocycles. The van der Waals surface area contributed by atoms with Gasteiger partial charge in [0.25, 0.3) is 0 Å². The van der Waals surface area contributed by atoms with Gasteiger partial charge >= 0.3 is 12.0 Å². The van der Waals surface area contributed by atoms with Gasteiger partial charge in [-0.3, -0.25) is 4.90 Å². The zero-order valence-electron chi connectivity index (χ0n) is 5.78. The Labute approximate surface area is 63.3 Å². The van der Waals surface area contributed by atoms with E-state index in [4.69, 9.17) is 5.11 Å². The maximum absolute atomic E-state index is 10.8. The molecule has 0 aromatic carbocycles. The van der Waals surface area contributed by atoms with Crippen LogP contribution in [0.25, 0.3) is 0 Å². The molecule has 0 spiro atoms. The van der Waals surface area contributed by atoms with Crippen molar-refractivity contribution in [3.05, 3.63) is 12.3 Å². The van der Waals surface area contributed by atoms with Crippen molar-refractivity contribution in [1.82, 2.24) is 10.2 Å². The zero-order valence-corrected chi connectivity index (χ0v) is 5.78. The highest BCUT2D eigenvalue weighted by molar-refractivity contribution is 5.82. The normalized spacial score (nSPS) is 17.5. The van der Waals surface area contributed by atoms with Crippen LogP contribution in [-0.2, 0) is 4.79 Å². The predicted octanol–water partition coefficient (Wildman–Crippen LogP) is -0.390. The average molecular weight is 156 g/mol. The van der Waals surface area contributed by atoms with E-state index in [2.05, 4.69) is 5.32 Å². The van der Waals surface area contributed by atoms with E-state index in [1.165, 1.54) is 11.1 Å². The van der Waals surface area contributed by atoms with Gasteiger partial charge in [0.05, 0.1) is 0 Å². The quantitative estimate of drug-likeness (QED) is 0.535. The number of carboxylic acids is 1. The minimum Gasteiger partial charge on any atom is -0.478 e. The number of carboxylic acid groups (broad SMARTS) is 1. The smallest absolute Gasteiger partial charge is 0.329 e. The molecule has 0 aliphatic carbocycles. The van der Waals surface area contributed by atoms with Crippen LogP contribution in [0.2, 0.25) is 0 Å². The fraction of sp³-hybridized carbons (Fsp3) is 0.333. The summed E-state index contributed by atoms with van der Waals surface area (Å²) in [4.78, 5) is 22.1. The summed E-state index contributed by atoms with van der Waals surface area (Å²) in [6, 6.07) is -0.248. The van der Waals surface area contributed by atoms with Crippen LogP contribution in [0.3, 0.4) is 0 Å². The summed E-state index contributed by atoms with van der Waals surface area (Å²) in [7, 11) is 0. The largest absolute Gasteiger partial charge is 0.478 e. The van der Waals surface area contributed by atoms with Gasteiger partial charge in [0, 0.05) is 25.4 Å². The molecule has 1 heterocycles. The molecule has 0 atom stereocenters. The average Bonchev–Trinajstić information content (AvgIpc) is 2.31. The van der Waals surface area contributed by atoms with Crippen LogP contribution in [0.1, 0.15) is 0 Å². The topological polar surface area (TPSA) is 69.6 Å². The minimum absolute atomic E-state index is 0.248. The first kappa shape index (κ1) is 7.59. The van der Waals surface area contributed by atoms with E-state index in [9.17, 15) is 9.59 Å². The van der Waals surface area contributed by atoms with Gasteiger partial charge in [-0.05, 0) is 0 Å². The van der Waals surface area contributed by atoms with E-state index in [0.717, 1.165) is 6.08 Å². The van der Waals surface area contributed by atoms with Crippen LogP contribution in [0.5, 0.6) is 0 Å². The summed E-state index contributed by atoms with van der Waals surface area (Å²) in [5.74, 6) is -1.05. The third-order valence-corrected chi connectivity index (χ3v) is 1.29. The summed E-state index contributed by atoms with van der Waals surface area (Å²) in [5.41, 5.74) is 0. The number of nitrogens with one attached hydrogen (secondary N) is 1. The fourth-order valence-electron chi connectivity index (χ4n) is 0.782. The molecule has 1 aliphatic rings. The van der Waals surface area contributed by atoms with Crippen molar-refractivity contribution in [2.75, 3.05) is 13.1 Å². The third kappa shape index (κ3) is 1.96. The molecule has 1 rings (SSSR count). The Morgan fingerprint density at radius 3 is 2.91 bits per heavy atom. The molecule has 60 valence electrons.